The summed E-state index contributed by atoms with van der Waals surface area (Å²) in [6.07, 6.45) is 1.72. The van der Waals surface area contributed by atoms with Gasteiger partial charge in [0.1, 0.15) is 0 Å². The first-order valence-electron chi connectivity index (χ1n) is 5.43. The van der Waals surface area contributed by atoms with E-state index in [4.69, 9.17) is 5.73 Å². The van der Waals surface area contributed by atoms with Gasteiger partial charge in [0.05, 0.1) is 18.3 Å². The smallest absolute Gasteiger partial charge is 0.239 e. The highest BCUT2D eigenvalue weighted by atomic mass is 16.2. The molecule has 0 aliphatic heterocycles. The van der Waals surface area contributed by atoms with Gasteiger partial charge in [0, 0.05) is 13.2 Å². The summed E-state index contributed by atoms with van der Waals surface area (Å²) in [5, 5.41) is 0. The molecule has 0 aliphatic rings. The lowest BCUT2D eigenvalue weighted by atomic mass is 10.0. The minimum absolute atomic E-state index is 0.0411. The van der Waals surface area contributed by atoms with Crippen LogP contribution in [0.25, 0.3) is 0 Å². The fourth-order valence-corrected chi connectivity index (χ4v) is 1.35. The molecule has 1 heterocycles. The van der Waals surface area contributed by atoms with E-state index in [0.717, 1.165) is 5.69 Å². The molecule has 0 saturated heterocycles. The molecule has 0 bridgehead atoms. The molecule has 4 nitrogen and oxygen atoms in total. The largest absolute Gasteiger partial charge is 0.339 e. The minimum Gasteiger partial charge on any atom is -0.339 e. The first kappa shape index (κ1) is 12.6. The number of hydrogen-bond donors (Lipinski definition) is 1. The molecule has 1 atom stereocenters. The zero-order valence-electron chi connectivity index (χ0n) is 10.1. The molecule has 2 N–H and O–H groups in total. The lowest BCUT2D eigenvalue weighted by Gasteiger charge is -2.23. The summed E-state index contributed by atoms with van der Waals surface area (Å²) in [5.74, 6) is 0.110. The number of aromatic nitrogens is 1. The van der Waals surface area contributed by atoms with E-state index in [1.54, 1.807) is 18.1 Å². The minimum atomic E-state index is -0.436. The van der Waals surface area contributed by atoms with E-state index in [-0.39, 0.29) is 11.8 Å². The average molecular weight is 221 g/mol. The number of carbonyl (C=O) groups excluding carboxylic acids is 1. The van der Waals surface area contributed by atoms with Crippen LogP contribution < -0.4 is 5.73 Å². The van der Waals surface area contributed by atoms with Gasteiger partial charge in [-0.15, -0.1) is 0 Å². The Hall–Kier alpha value is -1.42. The molecular formula is C12H19N3O. The quantitative estimate of drug-likeness (QED) is 0.826. The van der Waals surface area contributed by atoms with Gasteiger partial charge in [-0.3, -0.25) is 9.78 Å². The van der Waals surface area contributed by atoms with Crippen LogP contribution in [0.2, 0.25) is 0 Å². The Bertz CT molecular complexity index is 337. The Morgan fingerprint density at radius 1 is 1.50 bits per heavy atom. The summed E-state index contributed by atoms with van der Waals surface area (Å²) in [5.41, 5.74) is 6.67. The van der Waals surface area contributed by atoms with E-state index >= 15 is 0 Å². The first-order chi connectivity index (χ1) is 7.52. The molecule has 0 spiro atoms. The molecule has 0 fully saturated rings. The highest BCUT2D eigenvalue weighted by Crippen LogP contribution is 2.05. The number of hydrogen-bond acceptors (Lipinski definition) is 3. The Balaban J connectivity index is 2.59. The molecule has 0 unspecified atom stereocenters. The normalized spacial score (nSPS) is 12.6. The molecule has 4 heteroatoms. The van der Waals surface area contributed by atoms with Gasteiger partial charge in [0.15, 0.2) is 0 Å². The summed E-state index contributed by atoms with van der Waals surface area (Å²) < 4.78 is 0. The third-order valence-corrected chi connectivity index (χ3v) is 2.50. The highest BCUT2D eigenvalue weighted by Gasteiger charge is 2.21. The van der Waals surface area contributed by atoms with Gasteiger partial charge in [-0.1, -0.05) is 19.9 Å². The number of nitrogens with two attached hydrogens (primary N) is 1. The maximum Gasteiger partial charge on any atom is 0.239 e. The standard InChI is InChI=1S/C12H19N3O/c1-9(2)11(13)12(16)15(3)8-10-6-4-5-7-14-10/h4-7,9,11H,8,13H2,1-3H3/t11-/m1/s1. The molecule has 1 aromatic rings. The second-order valence-corrected chi connectivity index (χ2v) is 4.29. The van der Waals surface area contributed by atoms with Crippen LogP contribution in [0.4, 0.5) is 0 Å². The van der Waals surface area contributed by atoms with Crippen molar-refractivity contribution < 1.29 is 4.79 Å². The molecule has 88 valence electrons. The third kappa shape index (κ3) is 3.31. The number of pyridine rings is 1. The van der Waals surface area contributed by atoms with Crippen molar-refractivity contribution in [3.63, 3.8) is 0 Å². The van der Waals surface area contributed by atoms with Crippen LogP contribution in [-0.2, 0) is 11.3 Å². The summed E-state index contributed by atoms with van der Waals surface area (Å²) in [6.45, 7) is 4.38. The van der Waals surface area contributed by atoms with E-state index in [1.807, 2.05) is 32.0 Å². The van der Waals surface area contributed by atoms with Crippen molar-refractivity contribution in [1.82, 2.24) is 9.88 Å². The summed E-state index contributed by atoms with van der Waals surface area (Å²) in [6, 6.07) is 5.22. The van der Waals surface area contributed by atoms with E-state index in [0.29, 0.717) is 6.54 Å². The molecule has 1 aromatic heterocycles. The van der Waals surface area contributed by atoms with Crippen LogP contribution in [0.3, 0.4) is 0 Å². The van der Waals surface area contributed by atoms with Crippen LogP contribution in [-0.4, -0.2) is 28.9 Å². The van der Waals surface area contributed by atoms with Crippen LogP contribution >= 0.6 is 0 Å². The molecule has 0 aliphatic carbocycles. The lowest BCUT2D eigenvalue weighted by Crippen LogP contribution is -2.44. The number of rotatable bonds is 4. The monoisotopic (exact) mass is 221 g/mol. The van der Waals surface area contributed by atoms with E-state index in [9.17, 15) is 4.79 Å². The second kappa shape index (κ2) is 5.61. The fraction of sp³-hybridized carbons (Fsp3) is 0.500. The van der Waals surface area contributed by atoms with E-state index in [1.165, 1.54) is 0 Å². The SMILES string of the molecule is CC(C)[C@@H](N)C(=O)N(C)Cc1ccccn1. The van der Waals surface area contributed by atoms with Gasteiger partial charge in [-0.05, 0) is 18.1 Å². The third-order valence-electron chi connectivity index (χ3n) is 2.50. The van der Waals surface area contributed by atoms with Gasteiger partial charge in [0.2, 0.25) is 5.91 Å². The summed E-state index contributed by atoms with van der Waals surface area (Å²) in [7, 11) is 1.75. The van der Waals surface area contributed by atoms with Crippen molar-refractivity contribution in [2.24, 2.45) is 11.7 Å². The number of nitrogens with zero attached hydrogens (tertiary/aromatic N) is 2. The van der Waals surface area contributed by atoms with Crippen LogP contribution in [0.5, 0.6) is 0 Å². The zero-order chi connectivity index (χ0) is 12.1. The van der Waals surface area contributed by atoms with Crippen LogP contribution in [0, 0.1) is 5.92 Å². The van der Waals surface area contributed by atoms with Gasteiger partial charge >= 0.3 is 0 Å². The van der Waals surface area contributed by atoms with Crippen LogP contribution in [0.15, 0.2) is 24.4 Å². The van der Waals surface area contributed by atoms with Crippen molar-refractivity contribution in [2.75, 3.05) is 7.05 Å². The zero-order valence-corrected chi connectivity index (χ0v) is 10.1. The predicted molar refractivity (Wildman–Crippen MR) is 63.5 cm³/mol. The molecule has 0 saturated carbocycles. The maximum atomic E-state index is 11.9. The first-order valence-corrected chi connectivity index (χ1v) is 5.43. The Labute approximate surface area is 96.5 Å². The summed E-state index contributed by atoms with van der Waals surface area (Å²) >= 11 is 0. The number of carbonyl (C=O) groups is 1. The van der Waals surface area contributed by atoms with Gasteiger partial charge in [-0.25, -0.2) is 0 Å². The van der Waals surface area contributed by atoms with Crippen molar-refractivity contribution in [2.45, 2.75) is 26.4 Å². The molecule has 1 amide bonds. The van der Waals surface area contributed by atoms with Gasteiger partial charge in [0.25, 0.3) is 0 Å². The lowest BCUT2D eigenvalue weighted by molar-refractivity contribution is -0.132. The Kier molecular flexibility index (Phi) is 4.43. The Morgan fingerprint density at radius 2 is 2.19 bits per heavy atom. The second-order valence-electron chi connectivity index (χ2n) is 4.29. The number of likely N-dealkylation sites (N-methyl/N-ethyl adjacent to an activating group) is 1. The Morgan fingerprint density at radius 3 is 2.69 bits per heavy atom. The van der Waals surface area contributed by atoms with Crippen molar-refractivity contribution in [1.29, 1.82) is 0 Å². The molecule has 16 heavy (non-hydrogen) atoms. The molecular weight excluding hydrogens is 202 g/mol. The van der Waals surface area contributed by atoms with Crippen molar-refractivity contribution in [3.05, 3.63) is 30.1 Å². The predicted octanol–water partition coefficient (Wildman–Crippen LogP) is 1.02. The van der Waals surface area contributed by atoms with Crippen LogP contribution in [0.1, 0.15) is 19.5 Å². The van der Waals surface area contributed by atoms with E-state index in [2.05, 4.69) is 4.98 Å². The number of amides is 1. The highest BCUT2D eigenvalue weighted by molar-refractivity contribution is 5.81. The maximum absolute atomic E-state index is 11.9. The van der Waals surface area contributed by atoms with Crippen molar-refractivity contribution >= 4 is 5.91 Å². The van der Waals surface area contributed by atoms with Gasteiger partial charge < -0.3 is 10.6 Å². The summed E-state index contributed by atoms with van der Waals surface area (Å²) in [4.78, 5) is 17.7. The topological polar surface area (TPSA) is 59.2 Å². The van der Waals surface area contributed by atoms with E-state index < -0.39 is 6.04 Å². The van der Waals surface area contributed by atoms with Crippen molar-refractivity contribution in [3.8, 4) is 0 Å². The fourth-order valence-electron chi connectivity index (χ4n) is 1.35. The molecule has 1 rings (SSSR count). The average Bonchev–Trinajstić information content (AvgIpc) is 2.28. The molecule has 0 radical (unpaired) electrons. The molecule has 0 aromatic carbocycles. The van der Waals surface area contributed by atoms with Gasteiger partial charge in [-0.2, -0.15) is 0 Å².